The number of hydrogen-bond acceptors (Lipinski definition) is 3. The third-order valence-corrected chi connectivity index (χ3v) is 2.50. The maximum absolute atomic E-state index is 12.6. The number of ether oxygens (including phenoxy) is 1. The van der Waals surface area contributed by atoms with Crippen molar-refractivity contribution in [2.75, 3.05) is 12.4 Å². The van der Waals surface area contributed by atoms with E-state index < -0.39 is 18.0 Å². The summed E-state index contributed by atoms with van der Waals surface area (Å²) in [5, 5.41) is 11.9. The average molecular weight is 245 g/mol. The number of aliphatic hydroxyl groups excluding tert-OH is 1. The summed E-state index contributed by atoms with van der Waals surface area (Å²) in [7, 11) is 1.36. The Bertz CT molecular complexity index is 468. The molecule has 0 aliphatic carbocycles. The summed E-state index contributed by atoms with van der Waals surface area (Å²) in [5.41, 5.74) is 0.446. The number of alkyl halides is 3. The fraction of sp³-hybridized carbons (Fsp3) is 0.273. The highest BCUT2D eigenvalue weighted by molar-refractivity contribution is 5.80. The first-order valence-corrected chi connectivity index (χ1v) is 4.85. The average Bonchev–Trinajstić information content (AvgIpc) is 2.27. The molecule has 3 nitrogen and oxygen atoms in total. The van der Waals surface area contributed by atoms with Crippen LogP contribution in [0.5, 0.6) is 5.75 Å². The van der Waals surface area contributed by atoms with E-state index in [-0.39, 0.29) is 11.4 Å². The molecule has 0 fully saturated rings. The third kappa shape index (κ3) is 2.02. The molecule has 1 unspecified atom stereocenters. The number of fused-ring (bicyclic) bond motifs is 1. The number of rotatable bonds is 1. The number of para-hydroxylation sites is 1. The zero-order chi connectivity index (χ0) is 12.6. The van der Waals surface area contributed by atoms with Gasteiger partial charge in [-0.05, 0) is 18.2 Å². The Morgan fingerprint density at radius 1 is 1.35 bits per heavy atom. The molecule has 2 N–H and O–H groups in total. The smallest absolute Gasteiger partial charge is 0.412 e. The fourth-order valence-electron chi connectivity index (χ4n) is 1.68. The van der Waals surface area contributed by atoms with E-state index in [2.05, 4.69) is 5.32 Å². The number of hydrogen-bond donors (Lipinski definition) is 2. The SMILES string of the molecule is COc1cccc2c1NC(C(F)(F)F)C=C2O. The predicted molar refractivity (Wildman–Crippen MR) is 57.1 cm³/mol. The van der Waals surface area contributed by atoms with Crippen LogP contribution in [0, 0.1) is 0 Å². The van der Waals surface area contributed by atoms with Crippen molar-refractivity contribution in [1.29, 1.82) is 0 Å². The molecule has 1 atom stereocenters. The van der Waals surface area contributed by atoms with Crippen molar-refractivity contribution in [1.82, 2.24) is 0 Å². The van der Waals surface area contributed by atoms with Crippen LogP contribution < -0.4 is 10.1 Å². The van der Waals surface area contributed by atoms with E-state index in [1.807, 2.05) is 0 Å². The van der Waals surface area contributed by atoms with E-state index in [0.717, 1.165) is 6.08 Å². The Hall–Kier alpha value is -1.85. The van der Waals surface area contributed by atoms with E-state index in [0.29, 0.717) is 5.56 Å². The Balaban J connectivity index is 2.49. The van der Waals surface area contributed by atoms with Gasteiger partial charge in [0.1, 0.15) is 17.6 Å². The zero-order valence-corrected chi connectivity index (χ0v) is 8.88. The summed E-state index contributed by atoms with van der Waals surface area (Å²) < 4.78 is 42.7. The summed E-state index contributed by atoms with van der Waals surface area (Å²) in [5.74, 6) is -0.142. The van der Waals surface area contributed by atoms with Crippen molar-refractivity contribution in [2.24, 2.45) is 0 Å². The molecule has 0 aromatic heterocycles. The lowest BCUT2D eigenvalue weighted by Crippen LogP contribution is -2.36. The molecule has 6 heteroatoms. The van der Waals surface area contributed by atoms with Gasteiger partial charge in [0, 0.05) is 5.56 Å². The first-order chi connectivity index (χ1) is 7.93. The van der Waals surface area contributed by atoms with Crippen LogP contribution >= 0.6 is 0 Å². The Kier molecular flexibility index (Phi) is 2.65. The van der Waals surface area contributed by atoms with E-state index in [9.17, 15) is 18.3 Å². The molecule has 0 amide bonds. The first-order valence-electron chi connectivity index (χ1n) is 4.85. The van der Waals surface area contributed by atoms with Gasteiger partial charge in [0.05, 0.1) is 12.8 Å². The minimum atomic E-state index is -4.47. The minimum Gasteiger partial charge on any atom is -0.507 e. The number of halogens is 3. The van der Waals surface area contributed by atoms with Gasteiger partial charge in [0.2, 0.25) is 0 Å². The molecule has 0 bridgehead atoms. The molecule has 0 saturated heterocycles. The van der Waals surface area contributed by atoms with Gasteiger partial charge in [-0.25, -0.2) is 0 Å². The molecule has 1 aromatic rings. The number of nitrogens with one attached hydrogen (secondary N) is 1. The second-order valence-corrected chi connectivity index (χ2v) is 3.60. The summed E-state index contributed by atoms with van der Waals surface area (Å²) in [4.78, 5) is 0. The predicted octanol–water partition coefficient (Wildman–Crippen LogP) is 2.95. The molecule has 0 spiro atoms. The lowest BCUT2D eigenvalue weighted by Gasteiger charge is -2.26. The largest absolute Gasteiger partial charge is 0.507 e. The van der Waals surface area contributed by atoms with Gasteiger partial charge >= 0.3 is 6.18 Å². The topological polar surface area (TPSA) is 41.5 Å². The van der Waals surface area contributed by atoms with E-state index in [1.165, 1.54) is 19.2 Å². The van der Waals surface area contributed by atoms with Gasteiger partial charge in [0.15, 0.2) is 0 Å². The monoisotopic (exact) mass is 245 g/mol. The van der Waals surface area contributed by atoms with Crippen molar-refractivity contribution in [2.45, 2.75) is 12.2 Å². The van der Waals surface area contributed by atoms with Crippen LogP contribution in [0.1, 0.15) is 5.56 Å². The van der Waals surface area contributed by atoms with Gasteiger partial charge in [-0.2, -0.15) is 13.2 Å². The fourth-order valence-corrected chi connectivity index (χ4v) is 1.68. The number of aliphatic hydroxyl groups is 1. The molecule has 1 aliphatic heterocycles. The van der Waals surface area contributed by atoms with E-state index in [4.69, 9.17) is 4.74 Å². The Labute approximate surface area is 95.5 Å². The number of benzene rings is 1. The lowest BCUT2D eigenvalue weighted by molar-refractivity contribution is -0.132. The van der Waals surface area contributed by atoms with Crippen LogP contribution in [0.25, 0.3) is 5.76 Å². The maximum Gasteiger partial charge on any atom is 0.412 e. The van der Waals surface area contributed by atoms with Crippen molar-refractivity contribution >= 4 is 11.4 Å². The third-order valence-electron chi connectivity index (χ3n) is 2.50. The van der Waals surface area contributed by atoms with Gasteiger partial charge in [-0.1, -0.05) is 6.07 Å². The first kappa shape index (κ1) is 11.6. The Morgan fingerprint density at radius 3 is 2.65 bits per heavy atom. The Morgan fingerprint density at radius 2 is 2.06 bits per heavy atom. The lowest BCUT2D eigenvalue weighted by atomic mass is 10.0. The van der Waals surface area contributed by atoms with Gasteiger partial charge in [0.25, 0.3) is 0 Å². The van der Waals surface area contributed by atoms with Gasteiger partial charge in [-0.15, -0.1) is 0 Å². The second kappa shape index (κ2) is 3.87. The van der Waals surface area contributed by atoms with Crippen LogP contribution in [0.4, 0.5) is 18.9 Å². The quantitative estimate of drug-likeness (QED) is 0.799. The van der Waals surface area contributed by atoms with Crippen LogP contribution in [0.15, 0.2) is 24.3 Å². The van der Waals surface area contributed by atoms with Crippen molar-refractivity contribution in [3.8, 4) is 5.75 Å². The van der Waals surface area contributed by atoms with Crippen molar-refractivity contribution < 1.29 is 23.0 Å². The highest BCUT2D eigenvalue weighted by Gasteiger charge is 2.41. The molecule has 1 aromatic carbocycles. The normalized spacial score (nSPS) is 19.1. The van der Waals surface area contributed by atoms with E-state index >= 15 is 0 Å². The standard InChI is InChI=1S/C11H10F3NO2/c1-17-8-4-2-3-6-7(16)5-9(11(12,13)14)15-10(6)8/h2-5,9,15-16H,1H3. The number of methoxy groups -OCH3 is 1. The molecule has 2 rings (SSSR count). The van der Waals surface area contributed by atoms with Crippen molar-refractivity contribution in [3.05, 3.63) is 29.8 Å². The molecule has 1 aliphatic rings. The summed E-state index contributed by atoms with van der Waals surface area (Å²) >= 11 is 0. The summed E-state index contributed by atoms with van der Waals surface area (Å²) in [6, 6.07) is 2.73. The molecule has 0 radical (unpaired) electrons. The van der Waals surface area contributed by atoms with E-state index in [1.54, 1.807) is 6.07 Å². The summed E-state index contributed by atoms with van der Waals surface area (Å²) in [6.07, 6.45) is -3.73. The van der Waals surface area contributed by atoms with Gasteiger partial charge in [-0.3, -0.25) is 0 Å². The molecule has 1 heterocycles. The molecule has 17 heavy (non-hydrogen) atoms. The van der Waals surface area contributed by atoms with Crippen LogP contribution in [0.2, 0.25) is 0 Å². The van der Waals surface area contributed by atoms with Gasteiger partial charge < -0.3 is 15.2 Å². The van der Waals surface area contributed by atoms with Crippen LogP contribution in [0.3, 0.4) is 0 Å². The minimum absolute atomic E-state index is 0.150. The molecular weight excluding hydrogens is 235 g/mol. The van der Waals surface area contributed by atoms with Crippen LogP contribution in [-0.2, 0) is 0 Å². The highest BCUT2D eigenvalue weighted by Crippen LogP contribution is 2.39. The molecule has 0 saturated carbocycles. The zero-order valence-electron chi connectivity index (χ0n) is 8.88. The maximum atomic E-state index is 12.6. The molecule has 92 valence electrons. The second-order valence-electron chi connectivity index (χ2n) is 3.60. The number of anilines is 1. The molecular formula is C11H10F3NO2. The summed E-state index contributed by atoms with van der Waals surface area (Å²) in [6.45, 7) is 0. The van der Waals surface area contributed by atoms with Crippen molar-refractivity contribution in [3.63, 3.8) is 0 Å². The highest BCUT2D eigenvalue weighted by atomic mass is 19.4. The van der Waals surface area contributed by atoms with Crippen LogP contribution in [-0.4, -0.2) is 24.4 Å².